The Balaban J connectivity index is 3.04. The normalized spacial score (nSPS) is 12.2. The maximum absolute atomic E-state index is 8.77. The maximum Gasteiger partial charge on any atom is 0.0713 e. The van der Waals surface area contributed by atoms with Crippen LogP contribution >= 0.6 is 23.2 Å². The molecule has 1 rings (SSSR count). The van der Waals surface area contributed by atoms with E-state index in [4.69, 9.17) is 28.5 Å². The summed E-state index contributed by atoms with van der Waals surface area (Å²) in [7, 11) is 0. The molecule has 0 aromatic heterocycles. The zero-order valence-electron chi connectivity index (χ0n) is 6.93. The molecular weight excluding hydrogens is 205 g/mol. The summed E-state index contributed by atoms with van der Waals surface area (Å²) in [4.78, 5) is 0. The average Bonchev–Trinajstić information content (AvgIpc) is 2.13. The van der Waals surface area contributed by atoms with Crippen molar-refractivity contribution < 1.29 is 0 Å². The van der Waals surface area contributed by atoms with Crippen molar-refractivity contribution >= 4 is 23.2 Å². The van der Waals surface area contributed by atoms with Gasteiger partial charge in [-0.2, -0.15) is 5.26 Å². The smallest absolute Gasteiger partial charge is 0.0713 e. The molecule has 1 atom stereocenters. The third kappa shape index (κ3) is 2.37. The molecule has 0 aliphatic heterocycles. The van der Waals surface area contributed by atoms with E-state index >= 15 is 0 Å². The molecule has 1 aromatic rings. The topological polar surface area (TPSA) is 23.8 Å². The van der Waals surface area contributed by atoms with Crippen LogP contribution in [0.1, 0.15) is 17.9 Å². The lowest BCUT2D eigenvalue weighted by Crippen LogP contribution is -1.93. The standard InChI is InChI=1S/C10H8Cl2N/c1-2-7(6-13)8-3-4-9(11)10(12)5-8/h3-5,7H,1-2H2. The minimum atomic E-state index is -0.199. The van der Waals surface area contributed by atoms with Crippen molar-refractivity contribution in [1.29, 1.82) is 5.26 Å². The van der Waals surface area contributed by atoms with Crippen molar-refractivity contribution in [2.75, 3.05) is 0 Å². The predicted octanol–water partition coefficient (Wildman–Crippen LogP) is 3.82. The molecule has 0 amide bonds. The Morgan fingerprint density at radius 3 is 2.54 bits per heavy atom. The van der Waals surface area contributed by atoms with Crippen molar-refractivity contribution in [1.82, 2.24) is 0 Å². The minimum Gasteiger partial charge on any atom is -0.198 e. The molecule has 0 aliphatic carbocycles. The highest BCUT2D eigenvalue weighted by Gasteiger charge is 2.09. The van der Waals surface area contributed by atoms with E-state index < -0.39 is 0 Å². The van der Waals surface area contributed by atoms with Crippen LogP contribution in [0.2, 0.25) is 10.0 Å². The Hall–Kier alpha value is -0.710. The van der Waals surface area contributed by atoms with Gasteiger partial charge in [-0.15, -0.1) is 0 Å². The van der Waals surface area contributed by atoms with Crippen LogP contribution in [0.15, 0.2) is 18.2 Å². The summed E-state index contributed by atoms with van der Waals surface area (Å²) < 4.78 is 0. The van der Waals surface area contributed by atoms with E-state index in [9.17, 15) is 0 Å². The van der Waals surface area contributed by atoms with Gasteiger partial charge >= 0.3 is 0 Å². The van der Waals surface area contributed by atoms with E-state index in [0.29, 0.717) is 16.5 Å². The number of hydrogen-bond donors (Lipinski definition) is 0. The van der Waals surface area contributed by atoms with Gasteiger partial charge in [0.2, 0.25) is 0 Å². The minimum absolute atomic E-state index is 0.199. The molecule has 1 aromatic carbocycles. The second-order valence-corrected chi connectivity index (χ2v) is 3.46. The lowest BCUT2D eigenvalue weighted by atomic mass is 9.98. The lowest BCUT2D eigenvalue weighted by molar-refractivity contribution is 0.875. The fourth-order valence-corrected chi connectivity index (χ4v) is 1.34. The van der Waals surface area contributed by atoms with E-state index in [2.05, 4.69) is 13.0 Å². The fourth-order valence-electron chi connectivity index (χ4n) is 1.03. The monoisotopic (exact) mass is 212 g/mol. The molecule has 0 saturated carbocycles. The van der Waals surface area contributed by atoms with E-state index in [1.54, 1.807) is 18.2 Å². The van der Waals surface area contributed by atoms with Crippen molar-refractivity contribution in [2.45, 2.75) is 12.3 Å². The van der Waals surface area contributed by atoms with Crippen LogP contribution in [0.4, 0.5) is 0 Å². The molecule has 1 nitrogen and oxygen atoms in total. The first-order valence-electron chi connectivity index (χ1n) is 3.83. The van der Waals surface area contributed by atoms with Gasteiger partial charge in [-0.3, -0.25) is 0 Å². The summed E-state index contributed by atoms with van der Waals surface area (Å²) in [5.41, 5.74) is 0.868. The van der Waals surface area contributed by atoms with E-state index in [-0.39, 0.29) is 5.92 Å². The quantitative estimate of drug-likeness (QED) is 0.732. The Labute approximate surface area is 87.9 Å². The van der Waals surface area contributed by atoms with Crippen molar-refractivity contribution in [2.24, 2.45) is 0 Å². The first-order valence-corrected chi connectivity index (χ1v) is 4.58. The summed E-state index contributed by atoms with van der Waals surface area (Å²) >= 11 is 11.6. The second-order valence-electron chi connectivity index (χ2n) is 2.64. The van der Waals surface area contributed by atoms with Gasteiger partial charge in [-0.1, -0.05) is 36.2 Å². The SMILES string of the molecule is [CH2]CC(C#N)c1ccc(Cl)c(Cl)c1. The average molecular weight is 213 g/mol. The third-order valence-corrected chi connectivity index (χ3v) is 2.53. The molecule has 0 aliphatic rings. The molecule has 1 unspecified atom stereocenters. The van der Waals surface area contributed by atoms with Gasteiger partial charge in [0, 0.05) is 0 Å². The van der Waals surface area contributed by atoms with Gasteiger partial charge in [0.25, 0.3) is 0 Å². The molecule has 0 bridgehead atoms. The first-order chi connectivity index (χ1) is 6.19. The number of nitriles is 1. The van der Waals surface area contributed by atoms with Crippen LogP contribution in [-0.4, -0.2) is 0 Å². The fraction of sp³-hybridized carbons (Fsp3) is 0.200. The summed E-state index contributed by atoms with van der Waals surface area (Å²) in [6.07, 6.45) is 0.536. The van der Waals surface area contributed by atoms with Gasteiger partial charge in [0.05, 0.1) is 22.0 Å². The summed E-state index contributed by atoms with van der Waals surface area (Å²) in [5.74, 6) is -0.199. The molecule has 3 heteroatoms. The molecule has 0 fully saturated rings. The van der Waals surface area contributed by atoms with Gasteiger partial charge in [-0.05, 0) is 24.1 Å². The molecule has 67 valence electrons. The summed E-state index contributed by atoms with van der Waals surface area (Å²) in [6.45, 7) is 3.69. The van der Waals surface area contributed by atoms with Crippen LogP contribution in [0.3, 0.4) is 0 Å². The van der Waals surface area contributed by atoms with Crippen LogP contribution < -0.4 is 0 Å². The number of nitrogens with zero attached hydrogens (tertiary/aromatic N) is 1. The molecule has 0 saturated heterocycles. The molecule has 1 radical (unpaired) electrons. The van der Waals surface area contributed by atoms with Gasteiger partial charge < -0.3 is 0 Å². The first kappa shape index (κ1) is 10.4. The molecule has 0 spiro atoms. The maximum atomic E-state index is 8.77. The summed E-state index contributed by atoms with van der Waals surface area (Å²) in [6, 6.07) is 7.35. The second kappa shape index (κ2) is 4.50. The van der Waals surface area contributed by atoms with Crippen LogP contribution in [0.5, 0.6) is 0 Å². The number of rotatable bonds is 2. The zero-order valence-corrected chi connectivity index (χ0v) is 8.44. The Bertz CT molecular complexity index is 341. The predicted molar refractivity (Wildman–Crippen MR) is 54.8 cm³/mol. The van der Waals surface area contributed by atoms with E-state index in [0.717, 1.165) is 5.56 Å². The number of halogens is 2. The van der Waals surface area contributed by atoms with Gasteiger partial charge in [0.15, 0.2) is 0 Å². The van der Waals surface area contributed by atoms with E-state index in [1.807, 2.05) is 0 Å². The van der Waals surface area contributed by atoms with Crippen molar-refractivity contribution in [3.63, 3.8) is 0 Å². The highest BCUT2D eigenvalue weighted by atomic mass is 35.5. The lowest BCUT2D eigenvalue weighted by Gasteiger charge is -2.06. The van der Waals surface area contributed by atoms with Gasteiger partial charge in [-0.25, -0.2) is 0 Å². The molecule has 0 heterocycles. The van der Waals surface area contributed by atoms with Crippen molar-refractivity contribution in [3.05, 3.63) is 40.7 Å². The number of benzene rings is 1. The highest BCUT2D eigenvalue weighted by molar-refractivity contribution is 6.42. The largest absolute Gasteiger partial charge is 0.198 e. The zero-order chi connectivity index (χ0) is 9.84. The van der Waals surface area contributed by atoms with Crippen molar-refractivity contribution in [3.8, 4) is 6.07 Å². The molecule has 0 N–H and O–H groups in total. The Kier molecular flexibility index (Phi) is 3.59. The Morgan fingerprint density at radius 2 is 2.08 bits per heavy atom. The highest BCUT2D eigenvalue weighted by Crippen LogP contribution is 2.27. The van der Waals surface area contributed by atoms with Crippen LogP contribution in [-0.2, 0) is 0 Å². The molecule has 13 heavy (non-hydrogen) atoms. The van der Waals surface area contributed by atoms with Gasteiger partial charge in [0.1, 0.15) is 0 Å². The van der Waals surface area contributed by atoms with Crippen LogP contribution in [0, 0.1) is 18.3 Å². The van der Waals surface area contributed by atoms with E-state index in [1.165, 1.54) is 0 Å². The van der Waals surface area contributed by atoms with Crippen LogP contribution in [0.25, 0.3) is 0 Å². The molecular formula is C10H8Cl2N. The summed E-state index contributed by atoms with van der Waals surface area (Å²) in [5, 5.41) is 9.76. The number of hydrogen-bond acceptors (Lipinski definition) is 1. The Morgan fingerprint density at radius 1 is 1.38 bits per heavy atom. The third-order valence-electron chi connectivity index (χ3n) is 1.79.